The Balaban J connectivity index is 1.58. The van der Waals surface area contributed by atoms with Gasteiger partial charge in [-0.05, 0) is 48.6 Å². The summed E-state index contributed by atoms with van der Waals surface area (Å²) in [6.07, 6.45) is 0. The van der Waals surface area contributed by atoms with Crippen LogP contribution in [0.1, 0.15) is 0 Å². The van der Waals surface area contributed by atoms with Crippen molar-refractivity contribution in [3.05, 3.63) is 59.1 Å². The van der Waals surface area contributed by atoms with Gasteiger partial charge < -0.3 is 15.1 Å². The molecule has 24 heavy (non-hydrogen) atoms. The molecule has 0 bridgehead atoms. The van der Waals surface area contributed by atoms with Crippen LogP contribution < -0.4 is 10.2 Å². The van der Waals surface area contributed by atoms with Crippen LogP contribution in [0.4, 0.5) is 20.2 Å². The van der Waals surface area contributed by atoms with Crippen molar-refractivity contribution in [3.8, 4) is 0 Å². The van der Waals surface area contributed by atoms with Crippen molar-refractivity contribution in [2.45, 2.75) is 0 Å². The van der Waals surface area contributed by atoms with Crippen molar-refractivity contribution in [1.82, 2.24) is 4.90 Å². The molecular formula is C17H16ClF2N3S. The molecule has 0 saturated carbocycles. The molecule has 1 aliphatic rings. The van der Waals surface area contributed by atoms with Crippen molar-refractivity contribution in [2.24, 2.45) is 0 Å². The van der Waals surface area contributed by atoms with Gasteiger partial charge in [-0.25, -0.2) is 8.78 Å². The van der Waals surface area contributed by atoms with E-state index in [2.05, 4.69) is 10.2 Å². The minimum atomic E-state index is -0.655. The number of piperazine rings is 1. The zero-order valence-electron chi connectivity index (χ0n) is 12.8. The van der Waals surface area contributed by atoms with Gasteiger partial charge in [-0.15, -0.1) is 0 Å². The van der Waals surface area contributed by atoms with E-state index in [-0.39, 0.29) is 5.69 Å². The molecule has 0 atom stereocenters. The Kier molecular flexibility index (Phi) is 5.16. The number of nitrogens with one attached hydrogen (secondary N) is 1. The van der Waals surface area contributed by atoms with Gasteiger partial charge in [-0.2, -0.15) is 0 Å². The SMILES string of the molecule is Fc1ccc(NC(=S)N2CCN(c3ccc(Cl)cc3)CC2)c(F)c1. The van der Waals surface area contributed by atoms with Gasteiger partial charge in [-0.3, -0.25) is 0 Å². The molecule has 0 aromatic heterocycles. The highest BCUT2D eigenvalue weighted by Crippen LogP contribution is 2.20. The zero-order chi connectivity index (χ0) is 17.1. The molecule has 2 aromatic rings. The third kappa shape index (κ3) is 3.94. The fourth-order valence-corrected chi connectivity index (χ4v) is 3.02. The molecule has 1 saturated heterocycles. The number of hydrogen-bond acceptors (Lipinski definition) is 2. The van der Waals surface area contributed by atoms with Gasteiger partial charge in [-0.1, -0.05) is 11.6 Å². The van der Waals surface area contributed by atoms with Gasteiger partial charge in [0.2, 0.25) is 0 Å². The molecule has 1 heterocycles. The lowest BCUT2D eigenvalue weighted by atomic mass is 10.2. The van der Waals surface area contributed by atoms with Crippen molar-refractivity contribution in [2.75, 3.05) is 36.4 Å². The average Bonchev–Trinajstić information content (AvgIpc) is 2.58. The maximum atomic E-state index is 13.7. The second-order valence-electron chi connectivity index (χ2n) is 5.50. The van der Waals surface area contributed by atoms with Gasteiger partial charge in [0.15, 0.2) is 5.11 Å². The predicted octanol–water partition coefficient (Wildman–Crippen LogP) is 4.14. The van der Waals surface area contributed by atoms with E-state index in [4.69, 9.17) is 23.8 Å². The molecule has 126 valence electrons. The van der Waals surface area contributed by atoms with E-state index in [1.54, 1.807) is 0 Å². The summed E-state index contributed by atoms with van der Waals surface area (Å²) in [5.41, 5.74) is 1.30. The number of nitrogens with zero attached hydrogens (tertiary/aromatic N) is 2. The first-order chi connectivity index (χ1) is 11.5. The fourth-order valence-electron chi connectivity index (χ4n) is 2.60. The quantitative estimate of drug-likeness (QED) is 0.804. The van der Waals surface area contributed by atoms with Crippen LogP contribution in [0.3, 0.4) is 0 Å². The number of thiocarbonyl (C=S) groups is 1. The third-order valence-corrected chi connectivity index (χ3v) is 4.54. The molecule has 1 fully saturated rings. The predicted molar refractivity (Wildman–Crippen MR) is 97.8 cm³/mol. The molecule has 7 heteroatoms. The Morgan fingerprint density at radius 3 is 2.29 bits per heavy atom. The van der Waals surface area contributed by atoms with Crippen LogP contribution in [0.2, 0.25) is 5.02 Å². The second-order valence-corrected chi connectivity index (χ2v) is 6.33. The Morgan fingerprint density at radius 1 is 1.00 bits per heavy atom. The third-order valence-electron chi connectivity index (χ3n) is 3.93. The summed E-state index contributed by atoms with van der Waals surface area (Å²) in [5, 5.41) is 4.00. The number of benzene rings is 2. The highest BCUT2D eigenvalue weighted by molar-refractivity contribution is 7.80. The molecule has 0 amide bonds. The Morgan fingerprint density at radius 2 is 1.67 bits per heavy atom. The van der Waals surface area contributed by atoms with E-state index in [1.807, 2.05) is 29.2 Å². The first-order valence-corrected chi connectivity index (χ1v) is 8.33. The largest absolute Gasteiger partial charge is 0.368 e. The topological polar surface area (TPSA) is 18.5 Å². The molecule has 0 radical (unpaired) electrons. The number of halogens is 3. The molecule has 1 aliphatic heterocycles. The second kappa shape index (κ2) is 7.32. The summed E-state index contributed by atoms with van der Waals surface area (Å²) in [6, 6.07) is 11.1. The van der Waals surface area contributed by atoms with Crippen LogP contribution in [0, 0.1) is 11.6 Å². The monoisotopic (exact) mass is 367 g/mol. The maximum absolute atomic E-state index is 13.7. The molecule has 3 rings (SSSR count). The van der Waals surface area contributed by atoms with Crippen molar-refractivity contribution in [1.29, 1.82) is 0 Å². The highest BCUT2D eigenvalue weighted by Gasteiger charge is 2.20. The molecule has 1 N–H and O–H groups in total. The van der Waals surface area contributed by atoms with Crippen LogP contribution >= 0.6 is 23.8 Å². The van der Waals surface area contributed by atoms with E-state index < -0.39 is 11.6 Å². The molecule has 0 aliphatic carbocycles. The van der Waals surface area contributed by atoms with Gasteiger partial charge in [0.1, 0.15) is 11.6 Å². The zero-order valence-corrected chi connectivity index (χ0v) is 14.4. The number of rotatable bonds is 2. The maximum Gasteiger partial charge on any atom is 0.173 e. The Bertz CT molecular complexity index is 731. The van der Waals surface area contributed by atoms with Gasteiger partial charge >= 0.3 is 0 Å². The summed E-state index contributed by atoms with van der Waals surface area (Å²) in [5.74, 6) is -1.27. The molecule has 0 spiro atoms. The molecule has 3 nitrogen and oxygen atoms in total. The summed E-state index contributed by atoms with van der Waals surface area (Å²) in [4.78, 5) is 4.22. The lowest BCUT2D eigenvalue weighted by molar-refractivity contribution is 0.391. The van der Waals surface area contributed by atoms with E-state index in [0.29, 0.717) is 10.1 Å². The lowest BCUT2D eigenvalue weighted by Gasteiger charge is -2.37. The normalized spacial score (nSPS) is 14.6. The number of hydrogen-bond donors (Lipinski definition) is 1. The molecule has 2 aromatic carbocycles. The van der Waals surface area contributed by atoms with Gasteiger partial charge in [0.05, 0.1) is 5.69 Å². The molecular weight excluding hydrogens is 352 g/mol. The van der Waals surface area contributed by atoms with Crippen molar-refractivity contribution in [3.63, 3.8) is 0 Å². The Labute approximate surface area is 149 Å². The van der Waals surface area contributed by atoms with Gasteiger partial charge in [0.25, 0.3) is 0 Å². The smallest absolute Gasteiger partial charge is 0.173 e. The van der Waals surface area contributed by atoms with Gasteiger partial charge in [0, 0.05) is 43.0 Å². The first kappa shape index (κ1) is 16.9. The van der Waals surface area contributed by atoms with Crippen molar-refractivity contribution < 1.29 is 8.78 Å². The minimum Gasteiger partial charge on any atom is -0.368 e. The van der Waals surface area contributed by atoms with E-state index >= 15 is 0 Å². The summed E-state index contributed by atoms with van der Waals surface area (Å²) >= 11 is 11.2. The fraction of sp³-hybridized carbons (Fsp3) is 0.235. The van der Waals surface area contributed by atoms with Crippen LogP contribution in [0.15, 0.2) is 42.5 Å². The van der Waals surface area contributed by atoms with E-state index in [1.165, 1.54) is 12.1 Å². The van der Waals surface area contributed by atoms with Crippen LogP contribution in [-0.4, -0.2) is 36.2 Å². The highest BCUT2D eigenvalue weighted by atomic mass is 35.5. The van der Waals surface area contributed by atoms with Crippen molar-refractivity contribution >= 4 is 40.3 Å². The summed E-state index contributed by atoms with van der Waals surface area (Å²) in [6.45, 7) is 3.04. The minimum absolute atomic E-state index is 0.182. The number of anilines is 2. The summed E-state index contributed by atoms with van der Waals surface area (Å²) in [7, 11) is 0. The van der Waals surface area contributed by atoms with Crippen LogP contribution in [-0.2, 0) is 0 Å². The van der Waals surface area contributed by atoms with E-state index in [0.717, 1.165) is 37.9 Å². The standard InChI is InChI=1S/C17H16ClF2N3S/c18-12-1-4-14(5-2-12)22-7-9-23(10-8-22)17(24)21-16-6-3-13(19)11-15(16)20/h1-6,11H,7-10H2,(H,21,24). The average molecular weight is 368 g/mol. The Hall–Kier alpha value is -1.92. The van der Waals surface area contributed by atoms with Crippen LogP contribution in [0.5, 0.6) is 0 Å². The lowest BCUT2D eigenvalue weighted by Crippen LogP contribution is -2.50. The van der Waals surface area contributed by atoms with E-state index in [9.17, 15) is 8.78 Å². The first-order valence-electron chi connectivity index (χ1n) is 7.54. The van der Waals surface area contributed by atoms with Crippen LogP contribution in [0.25, 0.3) is 0 Å². The molecule has 0 unspecified atom stereocenters. The summed E-state index contributed by atoms with van der Waals surface area (Å²) < 4.78 is 26.6.